The number of rotatable bonds is 3. The van der Waals surface area contributed by atoms with Gasteiger partial charge in [0, 0.05) is 40.3 Å². The van der Waals surface area contributed by atoms with E-state index >= 15 is 0 Å². The Morgan fingerprint density at radius 3 is 2.30 bits per heavy atom. The smallest absolute Gasteiger partial charge is 0.125 e. The van der Waals surface area contributed by atoms with Crippen LogP contribution in [0.5, 0.6) is 0 Å². The number of hydrogen-bond acceptors (Lipinski definition) is 3. The molecule has 114 valence electrons. The normalized spacial score (nSPS) is 11.0. The molecule has 0 unspecified atom stereocenters. The van der Waals surface area contributed by atoms with Crippen LogP contribution >= 0.6 is 34.5 Å². The van der Waals surface area contributed by atoms with Gasteiger partial charge in [-0.05, 0) is 18.2 Å². The first kappa shape index (κ1) is 14.5. The standard InChI is InChI=1S/C16H10Cl2N4S/c17-11-1-2-12(13(18)7-11)15-8-14(21-5-3-19-9-21)16(23-15)22-6-4-20-10-22/h1-10H. The molecule has 0 aliphatic rings. The van der Waals surface area contributed by atoms with Gasteiger partial charge in [-0.2, -0.15) is 0 Å². The molecule has 4 rings (SSSR count). The molecule has 3 aromatic heterocycles. The third kappa shape index (κ3) is 2.67. The molecule has 0 saturated heterocycles. The summed E-state index contributed by atoms with van der Waals surface area (Å²) in [5.74, 6) is 0. The maximum absolute atomic E-state index is 6.36. The summed E-state index contributed by atoms with van der Waals surface area (Å²) in [6, 6.07) is 7.63. The van der Waals surface area contributed by atoms with E-state index in [9.17, 15) is 0 Å². The van der Waals surface area contributed by atoms with Gasteiger partial charge in [-0.3, -0.25) is 4.57 Å². The third-order valence-corrected chi connectivity index (χ3v) is 5.13. The zero-order valence-electron chi connectivity index (χ0n) is 11.7. The Balaban J connectivity index is 1.91. The first-order chi connectivity index (χ1) is 11.2. The fraction of sp³-hybridized carbons (Fsp3) is 0. The first-order valence-corrected chi connectivity index (χ1v) is 8.35. The van der Waals surface area contributed by atoms with Crippen molar-refractivity contribution < 1.29 is 0 Å². The van der Waals surface area contributed by atoms with Gasteiger partial charge in [0.2, 0.25) is 0 Å². The van der Waals surface area contributed by atoms with Crippen LogP contribution in [0.2, 0.25) is 10.0 Å². The molecular formula is C16H10Cl2N4S. The van der Waals surface area contributed by atoms with E-state index in [2.05, 4.69) is 16.0 Å². The highest BCUT2D eigenvalue weighted by Crippen LogP contribution is 2.39. The van der Waals surface area contributed by atoms with Crippen LogP contribution in [0.1, 0.15) is 0 Å². The maximum Gasteiger partial charge on any atom is 0.125 e. The predicted molar refractivity (Wildman–Crippen MR) is 94.0 cm³/mol. The lowest BCUT2D eigenvalue weighted by molar-refractivity contribution is 1.01. The van der Waals surface area contributed by atoms with Crippen LogP contribution in [0.15, 0.2) is 61.7 Å². The summed E-state index contributed by atoms with van der Waals surface area (Å²) < 4.78 is 3.95. The summed E-state index contributed by atoms with van der Waals surface area (Å²) in [5.41, 5.74) is 1.97. The van der Waals surface area contributed by atoms with E-state index in [-0.39, 0.29) is 0 Å². The second-order valence-corrected chi connectivity index (χ2v) is 6.74. The molecule has 0 N–H and O–H groups in total. The Morgan fingerprint density at radius 1 is 0.913 bits per heavy atom. The quantitative estimate of drug-likeness (QED) is 0.509. The van der Waals surface area contributed by atoms with Gasteiger partial charge in [-0.1, -0.05) is 29.3 Å². The lowest BCUT2D eigenvalue weighted by atomic mass is 10.2. The van der Waals surface area contributed by atoms with Gasteiger partial charge < -0.3 is 4.57 Å². The van der Waals surface area contributed by atoms with Gasteiger partial charge in [-0.15, -0.1) is 11.3 Å². The minimum Gasteiger partial charge on any atom is -0.303 e. The minimum absolute atomic E-state index is 0.625. The molecule has 4 nitrogen and oxygen atoms in total. The van der Waals surface area contributed by atoms with Crippen molar-refractivity contribution in [2.75, 3.05) is 0 Å². The van der Waals surface area contributed by atoms with E-state index in [4.69, 9.17) is 23.2 Å². The molecule has 0 aliphatic carbocycles. The molecule has 23 heavy (non-hydrogen) atoms. The molecule has 4 aromatic rings. The van der Waals surface area contributed by atoms with Gasteiger partial charge in [-0.25, -0.2) is 9.97 Å². The predicted octanol–water partition coefficient (Wildman–Crippen LogP) is 5.09. The van der Waals surface area contributed by atoms with E-state index in [0.717, 1.165) is 21.1 Å². The number of thiophene rings is 1. The molecule has 0 radical (unpaired) electrons. The Labute approximate surface area is 146 Å². The molecule has 0 saturated carbocycles. The van der Waals surface area contributed by atoms with Crippen molar-refractivity contribution in [2.24, 2.45) is 0 Å². The van der Waals surface area contributed by atoms with Crippen LogP contribution in [-0.2, 0) is 0 Å². The third-order valence-electron chi connectivity index (χ3n) is 3.41. The van der Waals surface area contributed by atoms with Gasteiger partial charge in [0.1, 0.15) is 5.00 Å². The van der Waals surface area contributed by atoms with Gasteiger partial charge in [0.25, 0.3) is 0 Å². The average Bonchev–Trinajstić information content (AvgIpc) is 3.27. The summed E-state index contributed by atoms with van der Waals surface area (Å²) in [7, 11) is 0. The molecule has 3 heterocycles. The summed E-state index contributed by atoms with van der Waals surface area (Å²) in [5, 5.41) is 2.30. The molecule has 0 aliphatic heterocycles. The highest BCUT2D eigenvalue weighted by molar-refractivity contribution is 7.18. The maximum atomic E-state index is 6.36. The Morgan fingerprint density at radius 2 is 1.65 bits per heavy atom. The first-order valence-electron chi connectivity index (χ1n) is 6.78. The van der Waals surface area contributed by atoms with E-state index in [1.165, 1.54) is 0 Å². The van der Waals surface area contributed by atoms with Crippen molar-refractivity contribution >= 4 is 34.5 Å². The van der Waals surface area contributed by atoms with E-state index in [0.29, 0.717) is 10.0 Å². The van der Waals surface area contributed by atoms with Crippen molar-refractivity contribution in [1.82, 2.24) is 19.1 Å². The van der Waals surface area contributed by atoms with Crippen LogP contribution in [-0.4, -0.2) is 19.1 Å². The van der Waals surface area contributed by atoms with Crippen LogP contribution in [0.4, 0.5) is 0 Å². The Kier molecular flexibility index (Phi) is 3.69. The molecule has 1 aromatic carbocycles. The highest BCUT2D eigenvalue weighted by Gasteiger charge is 2.15. The molecule has 0 spiro atoms. The number of imidazole rings is 2. The molecular weight excluding hydrogens is 351 g/mol. The van der Waals surface area contributed by atoms with Crippen LogP contribution < -0.4 is 0 Å². The minimum atomic E-state index is 0.625. The van der Waals surface area contributed by atoms with E-state index < -0.39 is 0 Å². The van der Waals surface area contributed by atoms with Crippen LogP contribution in [0.25, 0.3) is 21.1 Å². The fourth-order valence-electron chi connectivity index (χ4n) is 2.34. The number of halogens is 2. The van der Waals surface area contributed by atoms with E-state index in [1.54, 1.807) is 42.5 Å². The molecule has 0 fully saturated rings. The van der Waals surface area contributed by atoms with Gasteiger partial charge in [0.15, 0.2) is 0 Å². The Hall–Kier alpha value is -2.08. The lowest BCUT2D eigenvalue weighted by Crippen LogP contribution is -1.95. The number of nitrogens with zero attached hydrogens (tertiary/aromatic N) is 4. The average molecular weight is 361 g/mol. The zero-order chi connectivity index (χ0) is 15.8. The van der Waals surface area contributed by atoms with Gasteiger partial charge in [0.05, 0.1) is 23.4 Å². The topological polar surface area (TPSA) is 35.6 Å². The van der Waals surface area contributed by atoms with Crippen molar-refractivity contribution in [1.29, 1.82) is 0 Å². The molecule has 0 bridgehead atoms. The SMILES string of the molecule is Clc1ccc(-c2cc(-n3ccnc3)c(-n3ccnc3)s2)c(Cl)c1. The summed E-state index contributed by atoms with van der Waals surface area (Å²) in [6.07, 6.45) is 10.9. The summed E-state index contributed by atoms with van der Waals surface area (Å²) >= 11 is 14.0. The van der Waals surface area contributed by atoms with Crippen molar-refractivity contribution in [3.63, 3.8) is 0 Å². The van der Waals surface area contributed by atoms with Crippen LogP contribution in [0.3, 0.4) is 0 Å². The van der Waals surface area contributed by atoms with Crippen molar-refractivity contribution in [2.45, 2.75) is 0 Å². The highest BCUT2D eigenvalue weighted by atomic mass is 35.5. The number of aromatic nitrogens is 4. The van der Waals surface area contributed by atoms with Gasteiger partial charge >= 0.3 is 0 Å². The number of hydrogen-bond donors (Lipinski definition) is 0. The molecule has 7 heteroatoms. The lowest BCUT2D eigenvalue weighted by Gasteiger charge is -2.03. The molecule has 0 amide bonds. The summed E-state index contributed by atoms with van der Waals surface area (Å²) in [4.78, 5) is 9.32. The Bertz CT molecular complexity index is 891. The van der Waals surface area contributed by atoms with Crippen LogP contribution in [0, 0.1) is 0 Å². The second kappa shape index (κ2) is 5.85. The zero-order valence-corrected chi connectivity index (χ0v) is 14.1. The second-order valence-electron chi connectivity index (χ2n) is 4.87. The van der Waals surface area contributed by atoms with Crippen molar-refractivity contribution in [3.8, 4) is 21.1 Å². The van der Waals surface area contributed by atoms with E-state index in [1.807, 2.05) is 33.7 Å². The largest absolute Gasteiger partial charge is 0.303 e. The number of benzene rings is 1. The monoisotopic (exact) mass is 360 g/mol. The van der Waals surface area contributed by atoms with Crippen molar-refractivity contribution in [3.05, 3.63) is 71.8 Å². The fourth-order valence-corrected chi connectivity index (χ4v) is 4.06. The molecule has 0 atom stereocenters. The summed E-state index contributed by atoms with van der Waals surface area (Å²) in [6.45, 7) is 0.